The Morgan fingerprint density at radius 1 is 1.50 bits per heavy atom. The summed E-state index contributed by atoms with van der Waals surface area (Å²) in [5.74, 6) is 0. The van der Waals surface area contributed by atoms with E-state index in [0.29, 0.717) is 4.32 Å². The molecule has 0 fully saturated rings. The highest BCUT2D eigenvalue weighted by Crippen LogP contribution is 2.14. The fourth-order valence-electron chi connectivity index (χ4n) is 0.853. The van der Waals surface area contributed by atoms with Gasteiger partial charge in [0.2, 0.25) is 0 Å². The Labute approximate surface area is 81.7 Å². The molecule has 0 bridgehead atoms. The smallest absolute Gasteiger partial charge is 0.153 e. The Balaban J connectivity index is 2.75. The van der Waals surface area contributed by atoms with Crippen molar-refractivity contribution < 1.29 is 0 Å². The van der Waals surface area contributed by atoms with Crippen LogP contribution in [0.2, 0.25) is 0 Å². The number of anilines is 1. The Hall–Kier alpha value is -0.580. The number of hydrogen-bond donors (Lipinski definition) is 2. The van der Waals surface area contributed by atoms with Crippen molar-refractivity contribution in [3.63, 3.8) is 0 Å². The van der Waals surface area contributed by atoms with E-state index in [2.05, 4.69) is 5.32 Å². The summed E-state index contributed by atoms with van der Waals surface area (Å²) in [7, 11) is 0. The molecule has 0 unspecified atom stereocenters. The lowest BCUT2D eigenvalue weighted by molar-refractivity contribution is 1.46. The van der Waals surface area contributed by atoms with Gasteiger partial charge in [0.25, 0.3) is 0 Å². The molecule has 0 aromatic heterocycles. The number of aryl methyl sites for hydroxylation is 1. The predicted molar refractivity (Wildman–Crippen MR) is 59.2 cm³/mol. The van der Waals surface area contributed by atoms with Gasteiger partial charge in [-0.05, 0) is 30.5 Å². The highest BCUT2D eigenvalue weighted by atomic mass is 32.2. The van der Waals surface area contributed by atoms with Crippen LogP contribution in [0, 0.1) is 6.92 Å². The van der Waals surface area contributed by atoms with Crippen LogP contribution < -0.4 is 10.5 Å². The van der Waals surface area contributed by atoms with E-state index in [4.69, 9.17) is 17.4 Å². The highest BCUT2D eigenvalue weighted by Gasteiger charge is 1.97. The molecule has 0 amide bonds. The fraction of sp³-hybridized carbons (Fsp3) is 0.125. The topological polar surface area (TPSA) is 38.0 Å². The van der Waals surface area contributed by atoms with Gasteiger partial charge in [-0.1, -0.05) is 30.4 Å². The minimum absolute atomic E-state index is 0.587. The summed E-state index contributed by atoms with van der Waals surface area (Å²) in [5.41, 5.74) is 2.18. The molecule has 0 radical (unpaired) electrons. The van der Waals surface area contributed by atoms with Crippen molar-refractivity contribution in [1.82, 2.24) is 0 Å². The minimum Gasteiger partial charge on any atom is -0.340 e. The molecule has 0 saturated carbocycles. The van der Waals surface area contributed by atoms with E-state index < -0.39 is 0 Å². The molecule has 0 heterocycles. The van der Waals surface area contributed by atoms with Crippen LogP contribution in [-0.4, -0.2) is 4.32 Å². The summed E-state index contributed by atoms with van der Waals surface area (Å²) >= 11 is 5.97. The van der Waals surface area contributed by atoms with Gasteiger partial charge in [-0.15, -0.1) is 0 Å². The van der Waals surface area contributed by atoms with Gasteiger partial charge in [-0.25, -0.2) is 0 Å². The minimum atomic E-state index is 0.587. The SMILES string of the molecule is Cc1ccccc1NC(=S)SN. The van der Waals surface area contributed by atoms with Gasteiger partial charge < -0.3 is 5.32 Å². The maximum absolute atomic E-state index is 5.28. The molecule has 0 atom stereocenters. The van der Waals surface area contributed by atoms with Gasteiger partial charge in [0.1, 0.15) is 0 Å². The number of hydrogen-bond acceptors (Lipinski definition) is 3. The van der Waals surface area contributed by atoms with Gasteiger partial charge in [0.15, 0.2) is 4.32 Å². The molecule has 0 aliphatic carbocycles. The van der Waals surface area contributed by atoms with Crippen molar-refractivity contribution in [1.29, 1.82) is 0 Å². The second kappa shape index (κ2) is 4.45. The largest absolute Gasteiger partial charge is 0.340 e. The van der Waals surface area contributed by atoms with Crippen molar-refractivity contribution in [2.75, 3.05) is 5.32 Å². The first-order valence-electron chi connectivity index (χ1n) is 3.47. The van der Waals surface area contributed by atoms with Gasteiger partial charge >= 0.3 is 0 Å². The predicted octanol–water partition coefficient (Wildman–Crippen LogP) is 2.30. The Morgan fingerprint density at radius 3 is 2.75 bits per heavy atom. The zero-order valence-electron chi connectivity index (χ0n) is 6.70. The molecule has 0 aliphatic heterocycles. The van der Waals surface area contributed by atoms with Crippen molar-refractivity contribution in [3.8, 4) is 0 Å². The van der Waals surface area contributed by atoms with Gasteiger partial charge in [0.05, 0.1) is 0 Å². The molecule has 1 aromatic carbocycles. The second-order valence-electron chi connectivity index (χ2n) is 2.35. The maximum atomic E-state index is 5.28. The number of nitrogens with two attached hydrogens (primary N) is 1. The van der Waals surface area contributed by atoms with Crippen LogP contribution in [0.5, 0.6) is 0 Å². The van der Waals surface area contributed by atoms with E-state index in [9.17, 15) is 0 Å². The lowest BCUT2D eigenvalue weighted by atomic mass is 10.2. The molecule has 12 heavy (non-hydrogen) atoms. The van der Waals surface area contributed by atoms with Gasteiger partial charge in [0, 0.05) is 5.69 Å². The molecule has 4 heteroatoms. The Kier molecular flexibility index (Phi) is 3.52. The Morgan fingerprint density at radius 2 is 2.17 bits per heavy atom. The molecule has 0 aliphatic rings. The molecule has 2 nitrogen and oxygen atoms in total. The average Bonchev–Trinajstić information content (AvgIpc) is 2.09. The van der Waals surface area contributed by atoms with Crippen molar-refractivity contribution in [2.24, 2.45) is 5.14 Å². The molecule has 64 valence electrons. The zero-order valence-corrected chi connectivity index (χ0v) is 8.34. The van der Waals surface area contributed by atoms with Gasteiger partial charge in [-0.3, -0.25) is 5.14 Å². The zero-order chi connectivity index (χ0) is 8.97. The van der Waals surface area contributed by atoms with Crippen molar-refractivity contribution in [2.45, 2.75) is 6.92 Å². The molecule has 1 aromatic rings. The summed E-state index contributed by atoms with van der Waals surface area (Å²) in [4.78, 5) is 0. The monoisotopic (exact) mass is 198 g/mol. The third kappa shape index (κ3) is 2.48. The second-order valence-corrected chi connectivity index (χ2v) is 3.66. The summed E-state index contributed by atoms with van der Waals surface area (Å²) in [5, 5.41) is 8.31. The first kappa shape index (κ1) is 9.51. The van der Waals surface area contributed by atoms with E-state index in [1.165, 1.54) is 0 Å². The van der Waals surface area contributed by atoms with E-state index in [-0.39, 0.29) is 0 Å². The number of thiocarbonyl (C=S) groups is 1. The summed E-state index contributed by atoms with van der Waals surface area (Å²) < 4.78 is 0.587. The van der Waals surface area contributed by atoms with Crippen LogP contribution in [0.4, 0.5) is 5.69 Å². The average molecular weight is 198 g/mol. The van der Waals surface area contributed by atoms with E-state index >= 15 is 0 Å². The lowest BCUT2D eigenvalue weighted by Crippen LogP contribution is -2.07. The highest BCUT2D eigenvalue weighted by molar-refractivity contribution is 8.21. The number of para-hydroxylation sites is 1. The maximum Gasteiger partial charge on any atom is 0.153 e. The van der Waals surface area contributed by atoms with E-state index in [1.807, 2.05) is 31.2 Å². The van der Waals surface area contributed by atoms with Crippen LogP contribution in [0.15, 0.2) is 24.3 Å². The van der Waals surface area contributed by atoms with Crippen LogP contribution in [-0.2, 0) is 0 Å². The molecular weight excluding hydrogens is 188 g/mol. The first-order chi connectivity index (χ1) is 5.74. The van der Waals surface area contributed by atoms with E-state index in [1.54, 1.807) is 0 Å². The van der Waals surface area contributed by atoms with Crippen LogP contribution in [0.25, 0.3) is 0 Å². The number of rotatable bonds is 1. The van der Waals surface area contributed by atoms with Crippen molar-refractivity contribution in [3.05, 3.63) is 29.8 Å². The van der Waals surface area contributed by atoms with Crippen LogP contribution in [0.3, 0.4) is 0 Å². The van der Waals surface area contributed by atoms with Crippen LogP contribution >= 0.6 is 24.2 Å². The molecule has 1 rings (SSSR count). The molecule has 3 N–H and O–H groups in total. The fourth-order valence-corrected chi connectivity index (χ4v) is 1.13. The summed E-state index contributed by atoms with van der Waals surface area (Å²) in [6.45, 7) is 2.02. The molecule has 0 spiro atoms. The summed E-state index contributed by atoms with van der Waals surface area (Å²) in [6, 6.07) is 7.93. The van der Waals surface area contributed by atoms with Crippen LogP contribution in [0.1, 0.15) is 5.56 Å². The first-order valence-corrected chi connectivity index (χ1v) is 4.76. The molecule has 0 saturated heterocycles. The number of nitrogens with one attached hydrogen (secondary N) is 1. The normalized spacial score (nSPS) is 9.50. The third-order valence-corrected chi connectivity index (χ3v) is 2.20. The Bertz CT molecular complexity index is 286. The quantitative estimate of drug-likeness (QED) is 0.536. The van der Waals surface area contributed by atoms with Gasteiger partial charge in [-0.2, -0.15) is 0 Å². The number of benzene rings is 1. The standard InChI is InChI=1S/C8H10N2S2/c1-6-4-2-3-5-7(6)10-8(11)12-9/h2-5H,9H2,1H3,(H,10,11). The third-order valence-electron chi connectivity index (χ3n) is 1.49. The molecular formula is C8H10N2S2. The summed E-state index contributed by atoms with van der Waals surface area (Å²) in [6.07, 6.45) is 0. The van der Waals surface area contributed by atoms with E-state index in [0.717, 1.165) is 23.2 Å². The lowest BCUT2D eigenvalue weighted by Gasteiger charge is -2.07. The van der Waals surface area contributed by atoms with Crippen molar-refractivity contribution >= 4 is 34.2 Å².